The third kappa shape index (κ3) is 1.77. The average Bonchev–Trinajstić information content (AvgIpc) is 2.75. The summed E-state index contributed by atoms with van der Waals surface area (Å²) in [6, 6.07) is 9.91. The smallest absolute Gasteiger partial charge is 0.181 e. The van der Waals surface area contributed by atoms with E-state index in [0.717, 1.165) is 17.0 Å². The second-order valence-electron chi connectivity index (χ2n) is 3.60. The fraction of sp³-hybridized carbons (Fsp3) is 0.273. The van der Waals surface area contributed by atoms with E-state index in [4.69, 9.17) is 5.26 Å². The molecule has 0 fully saturated rings. The summed E-state index contributed by atoms with van der Waals surface area (Å²) in [6.45, 7) is 1.87. The normalized spacial score (nSPS) is 12.1. The van der Waals surface area contributed by atoms with Crippen LogP contribution >= 0.6 is 0 Å². The molecule has 0 N–H and O–H groups in total. The molecule has 1 unspecified atom stereocenters. The highest BCUT2D eigenvalue weighted by atomic mass is 15.5. The molecule has 0 aliphatic heterocycles. The van der Waals surface area contributed by atoms with Gasteiger partial charge in [-0.2, -0.15) is 5.26 Å². The number of rotatable bonds is 2. The molecular weight excluding hydrogens is 202 g/mol. The first-order chi connectivity index (χ1) is 7.72. The molecule has 2 aromatic rings. The lowest BCUT2D eigenvalue weighted by molar-refractivity contribution is 0.714. The van der Waals surface area contributed by atoms with E-state index in [1.165, 1.54) is 0 Å². The van der Waals surface area contributed by atoms with E-state index in [-0.39, 0.29) is 5.92 Å². The van der Waals surface area contributed by atoms with Gasteiger partial charge in [0, 0.05) is 12.6 Å². The molecule has 16 heavy (non-hydrogen) atoms. The highest BCUT2D eigenvalue weighted by molar-refractivity contribution is 5.55. The Hall–Kier alpha value is -2.22. The third-order valence-electron chi connectivity index (χ3n) is 2.48. The zero-order valence-corrected chi connectivity index (χ0v) is 9.12. The van der Waals surface area contributed by atoms with Crippen LogP contribution in [0.5, 0.6) is 0 Å². The number of hydrogen-bond acceptors (Lipinski definition) is 4. The van der Waals surface area contributed by atoms with Gasteiger partial charge in [-0.25, -0.2) is 4.68 Å². The Kier molecular flexibility index (Phi) is 2.64. The van der Waals surface area contributed by atoms with Crippen LogP contribution in [-0.4, -0.2) is 20.2 Å². The maximum Gasteiger partial charge on any atom is 0.181 e. The minimum Gasteiger partial charge on any atom is -0.229 e. The van der Waals surface area contributed by atoms with Crippen LogP contribution < -0.4 is 0 Å². The van der Waals surface area contributed by atoms with E-state index in [2.05, 4.69) is 21.6 Å². The van der Waals surface area contributed by atoms with E-state index < -0.39 is 0 Å². The highest BCUT2D eigenvalue weighted by Gasteiger charge is 2.07. The molecule has 0 aliphatic rings. The Balaban J connectivity index is 2.34. The first-order valence-corrected chi connectivity index (χ1v) is 4.94. The summed E-state index contributed by atoms with van der Waals surface area (Å²) in [6.07, 6.45) is 0. The van der Waals surface area contributed by atoms with Crippen molar-refractivity contribution in [3.05, 3.63) is 29.8 Å². The quantitative estimate of drug-likeness (QED) is 0.758. The van der Waals surface area contributed by atoms with Crippen LogP contribution in [0.2, 0.25) is 0 Å². The van der Waals surface area contributed by atoms with Gasteiger partial charge in [0.05, 0.1) is 12.0 Å². The number of benzene rings is 1. The summed E-state index contributed by atoms with van der Waals surface area (Å²) < 4.78 is 1.61. The van der Waals surface area contributed by atoms with Crippen molar-refractivity contribution in [3.8, 4) is 17.5 Å². The number of aromatic nitrogens is 4. The second kappa shape index (κ2) is 4.11. The Bertz CT molecular complexity index is 520. The number of nitriles is 1. The van der Waals surface area contributed by atoms with Crippen molar-refractivity contribution >= 4 is 0 Å². The van der Waals surface area contributed by atoms with Crippen LogP contribution in [0.4, 0.5) is 0 Å². The molecule has 1 aromatic carbocycles. The highest BCUT2D eigenvalue weighted by Crippen LogP contribution is 2.19. The van der Waals surface area contributed by atoms with Crippen LogP contribution in [0.1, 0.15) is 18.4 Å². The van der Waals surface area contributed by atoms with E-state index in [1.54, 1.807) is 11.7 Å². The predicted octanol–water partition coefficient (Wildman–Crippen LogP) is 1.50. The fourth-order valence-corrected chi connectivity index (χ4v) is 1.47. The van der Waals surface area contributed by atoms with Crippen LogP contribution in [0, 0.1) is 11.3 Å². The molecular formula is C11H11N5. The van der Waals surface area contributed by atoms with Crippen molar-refractivity contribution < 1.29 is 0 Å². The predicted molar refractivity (Wildman–Crippen MR) is 58.3 cm³/mol. The largest absolute Gasteiger partial charge is 0.229 e. The molecule has 0 amide bonds. The molecule has 5 heteroatoms. The number of hydrogen-bond donors (Lipinski definition) is 0. The monoisotopic (exact) mass is 213 g/mol. The topological polar surface area (TPSA) is 67.4 Å². The Labute approximate surface area is 93.3 Å². The van der Waals surface area contributed by atoms with Crippen LogP contribution in [0.15, 0.2) is 24.3 Å². The molecule has 1 heterocycles. The van der Waals surface area contributed by atoms with E-state index in [9.17, 15) is 0 Å². The third-order valence-corrected chi connectivity index (χ3v) is 2.48. The molecule has 1 atom stereocenters. The lowest BCUT2D eigenvalue weighted by Gasteiger charge is -2.04. The number of aryl methyl sites for hydroxylation is 1. The molecule has 0 radical (unpaired) electrons. The van der Waals surface area contributed by atoms with Crippen molar-refractivity contribution in [2.45, 2.75) is 12.8 Å². The summed E-state index contributed by atoms with van der Waals surface area (Å²) in [7, 11) is 1.79. The molecule has 0 bridgehead atoms. The average molecular weight is 213 g/mol. The SMILES string of the molecule is CC(C#N)c1ccc(-c2nnnn2C)cc1. The second-order valence-corrected chi connectivity index (χ2v) is 3.60. The first-order valence-electron chi connectivity index (χ1n) is 4.94. The maximum absolute atomic E-state index is 8.80. The lowest BCUT2D eigenvalue weighted by Crippen LogP contribution is -1.95. The first kappa shape index (κ1) is 10.3. The van der Waals surface area contributed by atoms with Crippen molar-refractivity contribution in [3.63, 3.8) is 0 Å². The van der Waals surface area contributed by atoms with Crippen LogP contribution in [-0.2, 0) is 7.05 Å². The van der Waals surface area contributed by atoms with Crippen LogP contribution in [0.3, 0.4) is 0 Å². The molecule has 2 rings (SSSR count). The fourth-order valence-electron chi connectivity index (χ4n) is 1.47. The molecule has 5 nitrogen and oxygen atoms in total. The standard InChI is InChI=1S/C11H11N5/c1-8(7-12)9-3-5-10(6-4-9)11-13-14-15-16(11)2/h3-6,8H,1-2H3. The molecule has 0 saturated carbocycles. The van der Waals surface area contributed by atoms with Crippen molar-refractivity contribution in [1.82, 2.24) is 20.2 Å². The van der Waals surface area contributed by atoms with Gasteiger partial charge in [0.25, 0.3) is 0 Å². The lowest BCUT2D eigenvalue weighted by atomic mass is 10.0. The Morgan fingerprint density at radius 2 is 2.00 bits per heavy atom. The maximum atomic E-state index is 8.80. The van der Waals surface area contributed by atoms with E-state index in [1.807, 2.05) is 31.2 Å². The van der Waals surface area contributed by atoms with Gasteiger partial charge in [0.15, 0.2) is 5.82 Å². The summed E-state index contributed by atoms with van der Waals surface area (Å²) in [5, 5.41) is 20.1. The Morgan fingerprint density at radius 3 is 2.50 bits per heavy atom. The minimum absolute atomic E-state index is 0.0910. The van der Waals surface area contributed by atoms with Gasteiger partial charge in [-0.05, 0) is 22.9 Å². The zero-order chi connectivity index (χ0) is 11.5. The van der Waals surface area contributed by atoms with E-state index >= 15 is 0 Å². The van der Waals surface area contributed by atoms with Gasteiger partial charge < -0.3 is 0 Å². The molecule has 0 spiro atoms. The number of tetrazole rings is 1. The zero-order valence-electron chi connectivity index (χ0n) is 9.12. The van der Waals surface area contributed by atoms with Gasteiger partial charge in [-0.3, -0.25) is 0 Å². The van der Waals surface area contributed by atoms with Crippen molar-refractivity contribution in [2.24, 2.45) is 7.05 Å². The molecule has 1 aromatic heterocycles. The summed E-state index contributed by atoms with van der Waals surface area (Å²) >= 11 is 0. The Morgan fingerprint density at radius 1 is 1.31 bits per heavy atom. The number of nitrogens with zero attached hydrogens (tertiary/aromatic N) is 5. The van der Waals surface area contributed by atoms with Crippen LogP contribution in [0.25, 0.3) is 11.4 Å². The van der Waals surface area contributed by atoms with Crippen molar-refractivity contribution in [1.29, 1.82) is 5.26 Å². The van der Waals surface area contributed by atoms with Gasteiger partial charge in [0.2, 0.25) is 0 Å². The van der Waals surface area contributed by atoms with Gasteiger partial charge in [-0.1, -0.05) is 24.3 Å². The summed E-state index contributed by atoms with van der Waals surface area (Å²) in [5.74, 6) is 0.628. The van der Waals surface area contributed by atoms with Gasteiger partial charge in [-0.15, -0.1) is 5.10 Å². The summed E-state index contributed by atoms with van der Waals surface area (Å²) in [5.41, 5.74) is 1.95. The minimum atomic E-state index is -0.0910. The van der Waals surface area contributed by atoms with E-state index in [0.29, 0.717) is 0 Å². The molecule has 0 saturated heterocycles. The molecule has 0 aliphatic carbocycles. The summed E-state index contributed by atoms with van der Waals surface area (Å²) in [4.78, 5) is 0. The molecule has 80 valence electrons. The van der Waals surface area contributed by atoms with Gasteiger partial charge >= 0.3 is 0 Å². The van der Waals surface area contributed by atoms with Crippen molar-refractivity contribution in [2.75, 3.05) is 0 Å². The van der Waals surface area contributed by atoms with Gasteiger partial charge in [0.1, 0.15) is 0 Å².